The Morgan fingerprint density at radius 1 is 0.266 bits per heavy atom. The van der Waals surface area contributed by atoms with Crippen molar-refractivity contribution in [3.63, 3.8) is 0 Å². The Balaban J connectivity index is 1.02. The molecule has 1 heterocycles. The van der Waals surface area contributed by atoms with Gasteiger partial charge in [0.1, 0.15) is 0 Å². The highest BCUT2D eigenvalue weighted by molar-refractivity contribution is 6.10. The fourth-order valence-corrected chi connectivity index (χ4v) is 9.78. The molecule has 0 bridgehead atoms. The van der Waals surface area contributed by atoms with E-state index < -0.39 is 0 Å². The van der Waals surface area contributed by atoms with Gasteiger partial charge in [-0.25, -0.2) is 0 Å². The molecule has 0 spiro atoms. The zero-order valence-corrected chi connectivity index (χ0v) is 35.1. The van der Waals surface area contributed by atoms with Gasteiger partial charge in [0.05, 0.1) is 16.7 Å². The van der Waals surface area contributed by atoms with Crippen molar-refractivity contribution in [2.45, 2.75) is 0 Å². The summed E-state index contributed by atoms with van der Waals surface area (Å²) in [6, 6.07) is 92.8. The lowest BCUT2D eigenvalue weighted by Gasteiger charge is -2.27. The Morgan fingerprint density at radius 3 is 1.53 bits per heavy atom. The second kappa shape index (κ2) is 15.8. The molecule has 0 aliphatic heterocycles. The average molecular weight is 815 g/mol. The van der Waals surface area contributed by atoms with E-state index in [1.807, 2.05) is 0 Å². The lowest BCUT2D eigenvalue weighted by Crippen LogP contribution is -2.10. The van der Waals surface area contributed by atoms with Crippen molar-refractivity contribution < 1.29 is 0 Å². The zero-order valence-electron chi connectivity index (χ0n) is 35.1. The summed E-state index contributed by atoms with van der Waals surface area (Å²) < 4.78 is 2.44. The lowest BCUT2D eigenvalue weighted by molar-refractivity contribution is 1.18. The van der Waals surface area contributed by atoms with Crippen LogP contribution < -0.4 is 4.90 Å². The molecular formula is C62H42N2. The van der Waals surface area contributed by atoms with Crippen LogP contribution in [-0.2, 0) is 0 Å². The van der Waals surface area contributed by atoms with Crippen LogP contribution in [0.15, 0.2) is 255 Å². The van der Waals surface area contributed by atoms with Crippen molar-refractivity contribution in [3.05, 3.63) is 255 Å². The molecule has 0 saturated carbocycles. The van der Waals surface area contributed by atoms with Gasteiger partial charge in [0.15, 0.2) is 0 Å². The minimum absolute atomic E-state index is 1.08. The number of nitrogens with zero attached hydrogens (tertiary/aromatic N) is 2. The third-order valence-electron chi connectivity index (χ3n) is 12.8. The molecule has 2 heteroatoms. The number of rotatable bonds is 8. The van der Waals surface area contributed by atoms with Gasteiger partial charge in [-0.15, -0.1) is 0 Å². The average Bonchev–Trinajstić information content (AvgIpc) is 3.71. The van der Waals surface area contributed by atoms with Gasteiger partial charge in [0.2, 0.25) is 0 Å². The van der Waals surface area contributed by atoms with E-state index in [4.69, 9.17) is 0 Å². The van der Waals surface area contributed by atoms with Crippen LogP contribution in [0.3, 0.4) is 0 Å². The van der Waals surface area contributed by atoms with Gasteiger partial charge in [-0.05, 0) is 121 Å². The van der Waals surface area contributed by atoms with Gasteiger partial charge in [-0.2, -0.15) is 0 Å². The van der Waals surface area contributed by atoms with Gasteiger partial charge in [0, 0.05) is 33.4 Å². The van der Waals surface area contributed by atoms with Crippen LogP contribution in [0.2, 0.25) is 0 Å². The third kappa shape index (κ3) is 6.52. The number of anilines is 3. The second-order valence-corrected chi connectivity index (χ2v) is 16.5. The summed E-state index contributed by atoms with van der Waals surface area (Å²) in [4.78, 5) is 2.40. The van der Waals surface area contributed by atoms with Gasteiger partial charge in [0.25, 0.3) is 0 Å². The number of benzene rings is 11. The lowest BCUT2D eigenvalue weighted by atomic mass is 9.92. The molecule has 12 aromatic rings. The van der Waals surface area contributed by atoms with Crippen LogP contribution in [0.25, 0.3) is 93.5 Å². The quantitative estimate of drug-likeness (QED) is 0.148. The smallest absolute Gasteiger partial charge is 0.0546 e. The maximum atomic E-state index is 2.44. The van der Waals surface area contributed by atoms with Crippen LogP contribution in [0.4, 0.5) is 17.1 Å². The first-order valence-corrected chi connectivity index (χ1v) is 22.0. The minimum atomic E-state index is 1.08. The summed E-state index contributed by atoms with van der Waals surface area (Å²) in [5, 5.41) is 7.46. The Bertz CT molecular complexity index is 3610. The molecule has 11 aromatic carbocycles. The van der Waals surface area contributed by atoms with Crippen LogP contribution in [0.5, 0.6) is 0 Å². The molecule has 0 saturated heterocycles. The molecule has 300 valence electrons. The van der Waals surface area contributed by atoms with Crippen LogP contribution in [-0.4, -0.2) is 4.57 Å². The Kier molecular flexibility index (Phi) is 9.20. The van der Waals surface area contributed by atoms with Gasteiger partial charge >= 0.3 is 0 Å². The molecule has 0 N–H and O–H groups in total. The maximum absolute atomic E-state index is 2.44. The fourth-order valence-electron chi connectivity index (χ4n) is 9.78. The zero-order chi connectivity index (χ0) is 42.4. The molecule has 2 nitrogen and oxygen atoms in total. The molecule has 64 heavy (non-hydrogen) atoms. The molecule has 0 atom stereocenters. The number of hydrogen-bond donors (Lipinski definition) is 0. The number of aromatic nitrogens is 1. The van der Waals surface area contributed by atoms with Gasteiger partial charge < -0.3 is 9.47 Å². The van der Waals surface area contributed by atoms with Crippen molar-refractivity contribution in [2.75, 3.05) is 4.90 Å². The maximum Gasteiger partial charge on any atom is 0.0546 e. The molecule has 0 aliphatic carbocycles. The molecule has 0 unspecified atom stereocenters. The van der Waals surface area contributed by atoms with Crippen molar-refractivity contribution in [3.8, 4) is 50.2 Å². The number of fused-ring (bicyclic) bond motifs is 5. The van der Waals surface area contributed by atoms with E-state index in [1.165, 1.54) is 82.3 Å². The summed E-state index contributed by atoms with van der Waals surface area (Å²) in [6.07, 6.45) is 0. The summed E-state index contributed by atoms with van der Waals surface area (Å²) in [6.45, 7) is 0. The monoisotopic (exact) mass is 814 g/mol. The van der Waals surface area contributed by atoms with Crippen LogP contribution in [0, 0.1) is 0 Å². The minimum Gasteiger partial charge on any atom is -0.310 e. The largest absolute Gasteiger partial charge is 0.310 e. The predicted molar refractivity (Wildman–Crippen MR) is 272 cm³/mol. The number of hydrogen-bond acceptors (Lipinski definition) is 1. The van der Waals surface area contributed by atoms with E-state index >= 15 is 0 Å². The fraction of sp³-hybridized carbons (Fsp3) is 0. The van der Waals surface area contributed by atoms with Crippen LogP contribution >= 0.6 is 0 Å². The van der Waals surface area contributed by atoms with E-state index in [0.29, 0.717) is 0 Å². The summed E-state index contributed by atoms with van der Waals surface area (Å²) in [5.74, 6) is 0. The topological polar surface area (TPSA) is 8.17 Å². The van der Waals surface area contributed by atoms with E-state index in [1.54, 1.807) is 0 Å². The van der Waals surface area contributed by atoms with E-state index in [-0.39, 0.29) is 0 Å². The first-order chi connectivity index (χ1) is 31.7. The summed E-state index contributed by atoms with van der Waals surface area (Å²) in [7, 11) is 0. The number of para-hydroxylation sites is 2. The van der Waals surface area contributed by atoms with Gasteiger partial charge in [-0.1, -0.05) is 194 Å². The molecule has 12 rings (SSSR count). The normalized spacial score (nSPS) is 11.4. The Hall–Kier alpha value is -8.46. The molecule has 0 aliphatic rings. The van der Waals surface area contributed by atoms with E-state index in [9.17, 15) is 0 Å². The third-order valence-corrected chi connectivity index (χ3v) is 12.8. The molecule has 1 aromatic heterocycles. The van der Waals surface area contributed by atoms with Crippen molar-refractivity contribution in [1.82, 2.24) is 4.57 Å². The first kappa shape index (κ1) is 37.3. The highest BCUT2D eigenvalue weighted by atomic mass is 15.1. The Morgan fingerprint density at radius 2 is 0.781 bits per heavy atom. The van der Waals surface area contributed by atoms with E-state index in [2.05, 4.69) is 264 Å². The molecular weight excluding hydrogens is 773 g/mol. The van der Waals surface area contributed by atoms with Crippen LogP contribution in [0.1, 0.15) is 0 Å². The predicted octanol–water partition coefficient (Wildman–Crippen LogP) is 17.2. The molecule has 0 fully saturated rings. The van der Waals surface area contributed by atoms with E-state index in [0.717, 1.165) is 28.3 Å². The highest BCUT2D eigenvalue weighted by Crippen LogP contribution is 2.44. The Labute approximate surface area is 373 Å². The molecule has 0 radical (unpaired) electrons. The van der Waals surface area contributed by atoms with Crippen molar-refractivity contribution in [1.29, 1.82) is 0 Å². The first-order valence-electron chi connectivity index (χ1n) is 22.0. The van der Waals surface area contributed by atoms with Gasteiger partial charge in [-0.3, -0.25) is 0 Å². The molecule has 0 amide bonds. The van der Waals surface area contributed by atoms with Crippen molar-refractivity contribution >= 4 is 60.4 Å². The summed E-state index contributed by atoms with van der Waals surface area (Å²) in [5.41, 5.74) is 16.3. The van der Waals surface area contributed by atoms with Crippen molar-refractivity contribution in [2.24, 2.45) is 0 Å². The SMILES string of the molecule is c1ccc(-c2c(-c3ccc(N(c4cccc(-c5ccc6ccccc6c5)c4)c4cccc(-c5cccc6ccccc56)c4)cc3)cccc2-n2c3ccccc3c3ccccc32)cc1. The highest BCUT2D eigenvalue weighted by Gasteiger charge is 2.20. The second-order valence-electron chi connectivity index (χ2n) is 16.5. The summed E-state index contributed by atoms with van der Waals surface area (Å²) >= 11 is 0. The standard InChI is InChI=1S/C62H42N2/c1-2-18-46(19-3-1)62-56(30-15-33-61(62)64-59-31-10-8-27-57(59)58-28-9-11-32-60(58)64)45-36-38-51(39-37-45)63(52-24-12-22-48(41-52)49-35-34-43-16-4-5-20-47(43)40-49)53-25-13-23-50(42-53)55-29-14-21-44-17-6-7-26-54(44)55/h1-42H.